The molecule has 2 aromatic heterocycles. The predicted octanol–water partition coefficient (Wildman–Crippen LogP) is 1.95. The van der Waals surface area contributed by atoms with Crippen LogP contribution in [0.25, 0.3) is 11.3 Å². The highest BCUT2D eigenvalue weighted by Crippen LogP contribution is 2.21. The molecule has 3 N–H and O–H groups in total. The van der Waals surface area contributed by atoms with Gasteiger partial charge in [0.15, 0.2) is 0 Å². The van der Waals surface area contributed by atoms with E-state index in [0.717, 1.165) is 30.0 Å². The summed E-state index contributed by atoms with van der Waals surface area (Å²) in [7, 11) is 1.58. The summed E-state index contributed by atoms with van der Waals surface area (Å²) in [5.41, 5.74) is 7.32. The van der Waals surface area contributed by atoms with Gasteiger partial charge in [0.05, 0.1) is 12.8 Å². The van der Waals surface area contributed by atoms with Gasteiger partial charge in [-0.25, -0.2) is 9.97 Å². The SMILES string of the molecule is CCCNc1cc(-c2ccc(OC)nc2)nc(N)n1. The minimum Gasteiger partial charge on any atom is -0.481 e. The van der Waals surface area contributed by atoms with E-state index in [1.165, 1.54) is 0 Å². The Morgan fingerprint density at radius 2 is 2.16 bits per heavy atom. The van der Waals surface area contributed by atoms with E-state index < -0.39 is 0 Å². The number of methoxy groups -OCH3 is 1. The van der Waals surface area contributed by atoms with E-state index in [9.17, 15) is 0 Å². The van der Waals surface area contributed by atoms with Crippen molar-refractivity contribution in [3.63, 3.8) is 0 Å². The van der Waals surface area contributed by atoms with Gasteiger partial charge in [0, 0.05) is 30.4 Å². The number of nitrogens with zero attached hydrogens (tertiary/aromatic N) is 3. The lowest BCUT2D eigenvalue weighted by molar-refractivity contribution is 0.398. The van der Waals surface area contributed by atoms with Gasteiger partial charge in [0.2, 0.25) is 11.8 Å². The number of nitrogens with one attached hydrogen (secondary N) is 1. The number of rotatable bonds is 5. The van der Waals surface area contributed by atoms with Crippen molar-refractivity contribution < 1.29 is 4.74 Å². The Morgan fingerprint density at radius 1 is 1.32 bits per heavy atom. The molecule has 0 aliphatic rings. The van der Waals surface area contributed by atoms with Crippen molar-refractivity contribution in [3.8, 4) is 17.1 Å². The van der Waals surface area contributed by atoms with E-state index in [1.54, 1.807) is 19.4 Å². The third-order valence-corrected chi connectivity index (χ3v) is 2.54. The lowest BCUT2D eigenvalue weighted by Crippen LogP contribution is -2.05. The first-order chi connectivity index (χ1) is 9.22. The lowest BCUT2D eigenvalue weighted by atomic mass is 10.2. The molecule has 0 amide bonds. The Bertz CT molecular complexity index is 541. The molecule has 2 rings (SSSR count). The van der Waals surface area contributed by atoms with Crippen LogP contribution >= 0.6 is 0 Å². The van der Waals surface area contributed by atoms with Crippen molar-refractivity contribution in [3.05, 3.63) is 24.4 Å². The fraction of sp³-hybridized carbons (Fsp3) is 0.308. The first kappa shape index (κ1) is 13.1. The molecule has 19 heavy (non-hydrogen) atoms. The second-order valence-electron chi connectivity index (χ2n) is 4.01. The van der Waals surface area contributed by atoms with E-state index in [2.05, 4.69) is 27.2 Å². The normalized spacial score (nSPS) is 10.2. The van der Waals surface area contributed by atoms with Gasteiger partial charge in [0.25, 0.3) is 0 Å². The Kier molecular flexibility index (Phi) is 4.12. The number of pyridine rings is 1. The van der Waals surface area contributed by atoms with Crippen LogP contribution in [-0.4, -0.2) is 28.6 Å². The molecule has 0 spiro atoms. The van der Waals surface area contributed by atoms with Crippen molar-refractivity contribution in [1.29, 1.82) is 0 Å². The second-order valence-corrected chi connectivity index (χ2v) is 4.01. The van der Waals surface area contributed by atoms with Crippen LogP contribution in [-0.2, 0) is 0 Å². The average molecular weight is 259 g/mol. The Labute approximate surface area is 112 Å². The molecule has 0 fully saturated rings. The first-order valence-electron chi connectivity index (χ1n) is 6.11. The highest BCUT2D eigenvalue weighted by atomic mass is 16.5. The zero-order valence-electron chi connectivity index (χ0n) is 11.1. The summed E-state index contributed by atoms with van der Waals surface area (Å²) in [6, 6.07) is 5.53. The fourth-order valence-corrected chi connectivity index (χ4v) is 1.61. The summed E-state index contributed by atoms with van der Waals surface area (Å²) in [5, 5.41) is 3.19. The van der Waals surface area contributed by atoms with E-state index in [0.29, 0.717) is 5.88 Å². The molecule has 0 bridgehead atoms. The van der Waals surface area contributed by atoms with Crippen molar-refractivity contribution in [2.24, 2.45) is 0 Å². The van der Waals surface area contributed by atoms with E-state index in [1.807, 2.05) is 12.1 Å². The summed E-state index contributed by atoms with van der Waals surface area (Å²) in [5.74, 6) is 1.53. The number of ether oxygens (including phenoxy) is 1. The third-order valence-electron chi connectivity index (χ3n) is 2.54. The van der Waals surface area contributed by atoms with Crippen LogP contribution in [0.5, 0.6) is 5.88 Å². The minimum absolute atomic E-state index is 0.243. The van der Waals surface area contributed by atoms with Gasteiger partial charge in [-0.2, -0.15) is 4.98 Å². The molecule has 0 unspecified atom stereocenters. The van der Waals surface area contributed by atoms with Crippen molar-refractivity contribution in [1.82, 2.24) is 15.0 Å². The molecule has 6 heteroatoms. The molecule has 0 aliphatic carbocycles. The molecular weight excluding hydrogens is 242 g/mol. The van der Waals surface area contributed by atoms with Crippen molar-refractivity contribution in [2.45, 2.75) is 13.3 Å². The van der Waals surface area contributed by atoms with Crippen LogP contribution in [0.1, 0.15) is 13.3 Å². The van der Waals surface area contributed by atoms with Gasteiger partial charge in [-0.05, 0) is 12.5 Å². The van der Waals surface area contributed by atoms with Gasteiger partial charge in [-0.1, -0.05) is 6.92 Å². The maximum absolute atomic E-state index is 5.72. The Hall–Kier alpha value is -2.37. The van der Waals surface area contributed by atoms with Gasteiger partial charge >= 0.3 is 0 Å². The Balaban J connectivity index is 2.29. The van der Waals surface area contributed by atoms with Crippen LogP contribution in [0.4, 0.5) is 11.8 Å². The standard InChI is InChI=1S/C13H17N5O/c1-3-6-15-11-7-10(17-13(14)18-11)9-4-5-12(19-2)16-8-9/h4-5,7-8H,3,6H2,1-2H3,(H3,14,15,17,18). The molecular formula is C13H17N5O. The molecule has 2 heterocycles. The molecule has 6 nitrogen and oxygen atoms in total. The highest BCUT2D eigenvalue weighted by Gasteiger charge is 2.05. The summed E-state index contributed by atoms with van der Waals surface area (Å²) in [4.78, 5) is 12.5. The summed E-state index contributed by atoms with van der Waals surface area (Å²) in [6.45, 7) is 2.93. The van der Waals surface area contributed by atoms with Crippen LogP contribution < -0.4 is 15.8 Å². The average Bonchev–Trinajstić information content (AvgIpc) is 2.44. The number of nitrogens with two attached hydrogens (primary N) is 1. The maximum atomic E-state index is 5.72. The van der Waals surface area contributed by atoms with Gasteiger partial charge in [-0.15, -0.1) is 0 Å². The molecule has 100 valence electrons. The summed E-state index contributed by atoms with van der Waals surface area (Å²) >= 11 is 0. The van der Waals surface area contributed by atoms with Gasteiger partial charge in [-0.3, -0.25) is 0 Å². The molecule has 2 aromatic rings. The summed E-state index contributed by atoms with van der Waals surface area (Å²) in [6.07, 6.45) is 2.72. The van der Waals surface area contributed by atoms with E-state index >= 15 is 0 Å². The molecule has 0 aromatic carbocycles. The molecule has 0 atom stereocenters. The molecule has 0 aliphatic heterocycles. The molecule has 0 radical (unpaired) electrons. The molecule has 0 saturated carbocycles. The van der Waals surface area contributed by atoms with Crippen molar-refractivity contribution in [2.75, 3.05) is 24.7 Å². The molecule has 0 saturated heterocycles. The number of hydrogen-bond donors (Lipinski definition) is 2. The number of aromatic nitrogens is 3. The van der Waals surface area contributed by atoms with Crippen LogP contribution in [0.3, 0.4) is 0 Å². The number of anilines is 2. The van der Waals surface area contributed by atoms with Crippen molar-refractivity contribution >= 4 is 11.8 Å². The van der Waals surface area contributed by atoms with Gasteiger partial charge < -0.3 is 15.8 Å². The smallest absolute Gasteiger partial charge is 0.222 e. The predicted molar refractivity (Wildman–Crippen MR) is 75.0 cm³/mol. The zero-order valence-corrected chi connectivity index (χ0v) is 11.1. The van der Waals surface area contributed by atoms with Crippen LogP contribution in [0.2, 0.25) is 0 Å². The Morgan fingerprint density at radius 3 is 2.79 bits per heavy atom. The van der Waals surface area contributed by atoms with E-state index in [4.69, 9.17) is 10.5 Å². The lowest BCUT2D eigenvalue weighted by Gasteiger charge is -2.07. The second kappa shape index (κ2) is 5.99. The topological polar surface area (TPSA) is 86.0 Å². The minimum atomic E-state index is 0.243. The maximum Gasteiger partial charge on any atom is 0.222 e. The highest BCUT2D eigenvalue weighted by molar-refractivity contribution is 5.63. The van der Waals surface area contributed by atoms with E-state index in [-0.39, 0.29) is 5.95 Å². The number of nitrogen functional groups attached to an aromatic ring is 1. The fourth-order valence-electron chi connectivity index (χ4n) is 1.61. The summed E-state index contributed by atoms with van der Waals surface area (Å²) < 4.78 is 5.02. The van der Waals surface area contributed by atoms with Crippen LogP contribution in [0, 0.1) is 0 Å². The van der Waals surface area contributed by atoms with Crippen LogP contribution in [0.15, 0.2) is 24.4 Å². The first-order valence-corrected chi connectivity index (χ1v) is 6.11. The van der Waals surface area contributed by atoms with Gasteiger partial charge in [0.1, 0.15) is 5.82 Å². The quantitative estimate of drug-likeness (QED) is 0.853. The third kappa shape index (κ3) is 3.31. The number of hydrogen-bond acceptors (Lipinski definition) is 6. The largest absolute Gasteiger partial charge is 0.481 e. The monoisotopic (exact) mass is 259 g/mol. The zero-order chi connectivity index (χ0) is 13.7.